The monoisotopic (exact) mass is 262 g/mol. The van der Waals surface area contributed by atoms with Crippen molar-refractivity contribution in [3.63, 3.8) is 0 Å². The van der Waals surface area contributed by atoms with Crippen LogP contribution in [0, 0.1) is 0 Å². The summed E-state index contributed by atoms with van der Waals surface area (Å²) in [5.74, 6) is 0.548. The van der Waals surface area contributed by atoms with Gasteiger partial charge in [-0.3, -0.25) is 0 Å². The Kier molecular flexibility index (Phi) is 5.87. The fourth-order valence-electron chi connectivity index (χ4n) is 3.11. The summed E-state index contributed by atoms with van der Waals surface area (Å²) in [6, 6.07) is 8.73. The van der Waals surface area contributed by atoms with Crippen molar-refractivity contribution < 1.29 is 9.84 Å². The zero-order valence-electron chi connectivity index (χ0n) is 12.0. The molecule has 0 saturated carbocycles. The van der Waals surface area contributed by atoms with E-state index in [1.807, 2.05) is 6.92 Å². The zero-order chi connectivity index (χ0) is 13.5. The molecule has 2 atom stereocenters. The Morgan fingerprint density at radius 3 is 3.05 bits per heavy atom. The smallest absolute Gasteiger partial charge is 0.0547 e. The van der Waals surface area contributed by atoms with E-state index >= 15 is 0 Å². The first-order valence-electron chi connectivity index (χ1n) is 7.65. The largest absolute Gasteiger partial charge is 0.393 e. The van der Waals surface area contributed by atoms with Gasteiger partial charge >= 0.3 is 0 Å². The number of aliphatic hydroxyl groups excluding tert-OH is 1. The first-order valence-corrected chi connectivity index (χ1v) is 7.65. The highest BCUT2D eigenvalue weighted by atomic mass is 16.5. The van der Waals surface area contributed by atoms with Gasteiger partial charge in [0, 0.05) is 13.2 Å². The summed E-state index contributed by atoms with van der Waals surface area (Å²) in [7, 11) is 0. The van der Waals surface area contributed by atoms with Crippen LogP contribution < -0.4 is 0 Å². The van der Waals surface area contributed by atoms with E-state index < -0.39 is 0 Å². The highest BCUT2D eigenvalue weighted by Crippen LogP contribution is 2.35. The third-order valence-corrected chi connectivity index (χ3v) is 4.08. The van der Waals surface area contributed by atoms with Crippen LogP contribution >= 0.6 is 0 Å². The third kappa shape index (κ3) is 4.32. The average molecular weight is 262 g/mol. The molecule has 0 spiro atoms. The van der Waals surface area contributed by atoms with Crippen molar-refractivity contribution >= 4 is 0 Å². The lowest BCUT2D eigenvalue weighted by Crippen LogP contribution is -2.17. The Labute approximate surface area is 116 Å². The molecule has 2 unspecified atom stereocenters. The highest BCUT2D eigenvalue weighted by Gasteiger charge is 2.22. The number of hydrogen-bond acceptors (Lipinski definition) is 2. The highest BCUT2D eigenvalue weighted by molar-refractivity contribution is 5.32. The molecule has 0 aromatic heterocycles. The standard InChI is InChI=1S/C17H26O2/c1-2-19-12-6-10-16(18)13-15-9-5-8-14-7-3-4-11-17(14)15/h3-4,7,11,15-16,18H,2,5-6,8-10,12-13H2,1H3. The van der Waals surface area contributed by atoms with E-state index in [0.29, 0.717) is 5.92 Å². The first kappa shape index (κ1) is 14.5. The molecule has 0 radical (unpaired) electrons. The molecular formula is C17H26O2. The maximum Gasteiger partial charge on any atom is 0.0547 e. The van der Waals surface area contributed by atoms with Gasteiger partial charge in [0.25, 0.3) is 0 Å². The third-order valence-electron chi connectivity index (χ3n) is 4.08. The van der Waals surface area contributed by atoms with Gasteiger partial charge in [0.15, 0.2) is 0 Å². The number of hydrogen-bond donors (Lipinski definition) is 1. The maximum atomic E-state index is 10.2. The minimum absolute atomic E-state index is 0.184. The topological polar surface area (TPSA) is 29.5 Å². The van der Waals surface area contributed by atoms with Crippen LogP contribution in [0.4, 0.5) is 0 Å². The van der Waals surface area contributed by atoms with E-state index in [9.17, 15) is 5.11 Å². The summed E-state index contributed by atoms with van der Waals surface area (Å²) in [5.41, 5.74) is 2.96. The van der Waals surface area contributed by atoms with Crippen LogP contribution in [-0.2, 0) is 11.2 Å². The van der Waals surface area contributed by atoms with Gasteiger partial charge in [-0.05, 0) is 62.5 Å². The molecular weight excluding hydrogens is 236 g/mol. The molecule has 1 aromatic rings. The van der Waals surface area contributed by atoms with Gasteiger partial charge in [0.05, 0.1) is 6.10 Å². The fourth-order valence-corrected chi connectivity index (χ4v) is 3.11. The Bertz CT molecular complexity index is 375. The van der Waals surface area contributed by atoms with E-state index in [-0.39, 0.29) is 6.10 Å². The summed E-state index contributed by atoms with van der Waals surface area (Å²) >= 11 is 0. The minimum atomic E-state index is -0.184. The number of ether oxygens (including phenoxy) is 1. The Hall–Kier alpha value is -0.860. The van der Waals surface area contributed by atoms with E-state index in [0.717, 1.165) is 32.5 Å². The van der Waals surface area contributed by atoms with Crippen molar-refractivity contribution in [3.05, 3.63) is 35.4 Å². The second kappa shape index (κ2) is 7.66. The summed E-state index contributed by atoms with van der Waals surface area (Å²) in [6.45, 7) is 3.55. The van der Waals surface area contributed by atoms with Crippen molar-refractivity contribution in [1.29, 1.82) is 0 Å². The number of aryl methyl sites for hydroxylation is 1. The van der Waals surface area contributed by atoms with Crippen molar-refractivity contribution in [3.8, 4) is 0 Å². The van der Waals surface area contributed by atoms with Gasteiger partial charge in [0.2, 0.25) is 0 Å². The SMILES string of the molecule is CCOCCCC(O)CC1CCCc2ccccc21. The molecule has 106 valence electrons. The van der Waals surface area contributed by atoms with Gasteiger partial charge in [-0.1, -0.05) is 24.3 Å². The molecule has 1 aromatic carbocycles. The average Bonchev–Trinajstić information content (AvgIpc) is 2.44. The van der Waals surface area contributed by atoms with Gasteiger partial charge in [-0.25, -0.2) is 0 Å². The lowest BCUT2D eigenvalue weighted by atomic mass is 9.79. The normalized spacial score (nSPS) is 20.0. The minimum Gasteiger partial charge on any atom is -0.393 e. The van der Waals surface area contributed by atoms with E-state index in [2.05, 4.69) is 24.3 Å². The lowest BCUT2D eigenvalue weighted by molar-refractivity contribution is 0.105. The van der Waals surface area contributed by atoms with E-state index in [1.165, 1.54) is 30.4 Å². The molecule has 0 bridgehead atoms. The summed E-state index contributed by atoms with van der Waals surface area (Å²) in [5, 5.41) is 10.2. The second-order valence-electron chi connectivity index (χ2n) is 5.52. The first-order chi connectivity index (χ1) is 9.31. The van der Waals surface area contributed by atoms with Crippen LogP contribution in [0.1, 0.15) is 56.1 Å². The van der Waals surface area contributed by atoms with Crippen LogP contribution in [0.25, 0.3) is 0 Å². The van der Waals surface area contributed by atoms with E-state index in [1.54, 1.807) is 0 Å². The zero-order valence-corrected chi connectivity index (χ0v) is 12.0. The van der Waals surface area contributed by atoms with E-state index in [4.69, 9.17) is 4.74 Å². The number of fused-ring (bicyclic) bond motifs is 1. The van der Waals surface area contributed by atoms with Crippen molar-refractivity contribution in [2.75, 3.05) is 13.2 Å². The van der Waals surface area contributed by atoms with Crippen LogP contribution in [0.2, 0.25) is 0 Å². The molecule has 19 heavy (non-hydrogen) atoms. The molecule has 2 rings (SSSR count). The molecule has 0 fully saturated rings. The molecule has 1 N–H and O–H groups in total. The predicted octanol–water partition coefficient (Wildman–Crippen LogP) is 3.67. The molecule has 0 saturated heterocycles. The molecule has 2 nitrogen and oxygen atoms in total. The van der Waals surface area contributed by atoms with Crippen molar-refractivity contribution in [2.24, 2.45) is 0 Å². The fraction of sp³-hybridized carbons (Fsp3) is 0.647. The van der Waals surface area contributed by atoms with Crippen molar-refractivity contribution in [1.82, 2.24) is 0 Å². The number of rotatable bonds is 7. The Balaban J connectivity index is 1.83. The summed E-state index contributed by atoms with van der Waals surface area (Å²) in [4.78, 5) is 0. The van der Waals surface area contributed by atoms with Crippen molar-refractivity contribution in [2.45, 2.75) is 57.5 Å². The number of aliphatic hydroxyl groups is 1. The molecule has 1 aliphatic carbocycles. The predicted molar refractivity (Wildman–Crippen MR) is 78.5 cm³/mol. The summed E-state index contributed by atoms with van der Waals surface area (Å²) < 4.78 is 5.32. The van der Waals surface area contributed by atoms with Gasteiger partial charge in [0.1, 0.15) is 0 Å². The van der Waals surface area contributed by atoms with Crippen LogP contribution in [0.3, 0.4) is 0 Å². The maximum absolute atomic E-state index is 10.2. The van der Waals surface area contributed by atoms with Crippen LogP contribution in [-0.4, -0.2) is 24.4 Å². The molecule has 1 aliphatic rings. The lowest BCUT2D eigenvalue weighted by Gasteiger charge is -2.27. The number of benzene rings is 1. The Morgan fingerprint density at radius 2 is 2.21 bits per heavy atom. The molecule has 0 aliphatic heterocycles. The molecule has 0 amide bonds. The molecule has 2 heteroatoms. The van der Waals surface area contributed by atoms with Crippen LogP contribution in [0.5, 0.6) is 0 Å². The van der Waals surface area contributed by atoms with Gasteiger partial charge in [-0.15, -0.1) is 0 Å². The Morgan fingerprint density at radius 1 is 1.37 bits per heavy atom. The van der Waals surface area contributed by atoms with Crippen LogP contribution in [0.15, 0.2) is 24.3 Å². The van der Waals surface area contributed by atoms with Gasteiger partial charge in [-0.2, -0.15) is 0 Å². The van der Waals surface area contributed by atoms with Gasteiger partial charge < -0.3 is 9.84 Å². The summed E-state index contributed by atoms with van der Waals surface area (Å²) in [6.07, 6.45) is 6.22. The second-order valence-corrected chi connectivity index (χ2v) is 5.52. The quantitative estimate of drug-likeness (QED) is 0.760. The molecule has 0 heterocycles.